The summed E-state index contributed by atoms with van der Waals surface area (Å²) in [5, 5.41) is 5.74. The number of ether oxygens (including phenoxy) is 1. The highest BCUT2D eigenvalue weighted by Gasteiger charge is 2.33. The fourth-order valence-corrected chi connectivity index (χ4v) is 1.61. The fourth-order valence-electron chi connectivity index (χ4n) is 1.61. The van der Waals surface area contributed by atoms with Gasteiger partial charge in [-0.3, -0.25) is 0 Å². The van der Waals surface area contributed by atoms with Crippen LogP contribution < -0.4 is 10.6 Å². The normalized spacial score (nSPS) is 42.7. The standard InChI is InChI=1S/C6H12N2O/c1-2-9-6-4-7-3-5(6)8-1/h5-8H,1-4H2/p+1. The minimum absolute atomic E-state index is 0.499. The Balaban J connectivity index is 1.97. The summed E-state index contributed by atoms with van der Waals surface area (Å²) >= 11 is 0. The highest BCUT2D eigenvalue weighted by molar-refractivity contribution is 4.82. The maximum atomic E-state index is 5.51. The summed E-state index contributed by atoms with van der Waals surface area (Å²) in [5.74, 6) is 0. The van der Waals surface area contributed by atoms with Crippen LogP contribution in [0.25, 0.3) is 0 Å². The van der Waals surface area contributed by atoms with Crippen LogP contribution in [-0.4, -0.2) is 38.4 Å². The Morgan fingerprint density at radius 3 is 3.33 bits per heavy atom. The second-order valence-corrected chi connectivity index (χ2v) is 2.73. The van der Waals surface area contributed by atoms with E-state index in [-0.39, 0.29) is 0 Å². The van der Waals surface area contributed by atoms with E-state index in [2.05, 4.69) is 10.6 Å². The summed E-state index contributed by atoms with van der Waals surface area (Å²) in [6, 6.07) is 0.638. The van der Waals surface area contributed by atoms with E-state index < -0.39 is 0 Å². The topological polar surface area (TPSA) is 37.9 Å². The van der Waals surface area contributed by atoms with Crippen molar-refractivity contribution in [3.8, 4) is 0 Å². The van der Waals surface area contributed by atoms with Gasteiger partial charge in [0.05, 0.1) is 19.2 Å². The average Bonchev–Trinajstić information content (AvgIpc) is 2.33. The van der Waals surface area contributed by atoms with Gasteiger partial charge in [-0.25, -0.2) is 0 Å². The first-order valence-corrected chi connectivity index (χ1v) is 3.63. The van der Waals surface area contributed by atoms with Gasteiger partial charge in [0.15, 0.2) is 0 Å². The van der Waals surface area contributed by atoms with Gasteiger partial charge in [-0.15, -0.1) is 0 Å². The third-order valence-electron chi connectivity index (χ3n) is 2.11. The molecule has 2 fully saturated rings. The first-order valence-electron chi connectivity index (χ1n) is 3.63. The number of nitrogens with one attached hydrogen (secondary N) is 1. The highest BCUT2D eigenvalue weighted by Crippen LogP contribution is 2.03. The Morgan fingerprint density at radius 1 is 1.44 bits per heavy atom. The van der Waals surface area contributed by atoms with E-state index in [9.17, 15) is 0 Å². The lowest BCUT2D eigenvalue weighted by molar-refractivity contribution is -0.639. The molecule has 9 heavy (non-hydrogen) atoms. The molecule has 0 aliphatic carbocycles. The molecule has 0 amide bonds. The number of hydrogen-bond acceptors (Lipinski definition) is 2. The number of rotatable bonds is 0. The van der Waals surface area contributed by atoms with Crippen LogP contribution in [0.3, 0.4) is 0 Å². The van der Waals surface area contributed by atoms with Crippen LogP contribution in [0.4, 0.5) is 0 Å². The molecule has 3 nitrogen and oxygen atoms in total. The predicted molar refractivity (Wildman–Crippen MR) is 33.2 cm³/mol. The second-order valence-electron chi connectivity index (χ2n) is 2.73. The molecule has 0 saturated carbocycles. The summed E-state index contributed by atoms with van der Waals surface area (Å²) in [5.41, 5.74) is 0. The molecule has 2 rings (SSSR count). The Labute approximate surface area is 54.8 Å². The summed E-state index contributed by atoms with van der Waals surface area (Å²) < 4.78 is 5.51. The zero-order valence-electron chi connectivity index (χ0n) is 5.47. The molecule has 0 aromatic carbocycles. The Morgan fingerprint density at radius 2 is 2.44 bits per heavy atom. The van der Waals surface area contributed by atoms with Gasteiger partial charge in [0, 0.05) is 6.54 Å². The number of hydrogen-bond donors (Lipinski definition) is 2. The molecule has 3 N–H and O–H groups in total. The van der Waals surface area contributed by atoms with Gasteiger partial charge in [0.2, 0.25) is 0 Å². The molecule has 2 atom stereocenters. The fraction of sp³-hybridized carbons (Fsp3) is 1.00. The van der Waals surface area contributed by atoms with Crippen LogP contribution in [0.15, 0.2) is 0 Å². The maximum Gasteiger partial charge on any atom is 0.127 e. The smallest absolute Gasteiger partial charge is 0.127 e. The van der Waals surface area contributed by atoms with Crippen LogP contribution in [0.5, 0.6) is 0 Å². The molecule has 2 unspecified atom stereocenters. The molecule has 2 heterocycles. The van der Waals surface area contributed by atoms with Crippen molar-refractivity contribution in [1.82, 2.24) is 5.32 Å². The monoisotopic (exact) mass is 129 g/mol. The maximum absolute atomic E-state index is 5.51. The van der Waals surface area contributed by atoms with Crippen LogP contribution in [0.1, 0.15) is 0 Å². The van der Waals surface area contributed by atoms with Crippen molar-refractivity contribution < 1.29 is 10.1 Å². The van der Waals surface area contributed by atoms with Crippen molar-refractivity contribution >= 4 is 0 Å². The summed E-state index contributed by atoms with van der Waals surface area (Å²) in [7, 11) is 0. The Bertz CT molecular complexity index is 95.2. The number of morpholine rings is 1. The van der Waals surface area contributed by atoms with E-state index in [4.69, 9.17) is 4.74 Å². The zero-order chi connectivity index (χ0) is 6.10. The zero-order valence-corrected chi connectivity index (χ0v) is 5.47. The molecular formula is C6H13N2O+. The van der Waals surface area contributed by atoms with E-state index in [1.807, 2.05) is 0 Å². The van der Waals surface area contributed by atoms with Gasteiger partial charge in [0.25, 0.3) is 0 Å². The Hall–Kier alpha value is -0.120. The van der Waals surface area contributed by atoms with Crippen molar-refractivity contribution in [3.63, 3.8) is 0 Å². The van der Waals surface area contributed by atoms with Gasteiger partial charge in [-0.05, 0) is 0 Å². The van der Waals surface area contributed by atoms with Crippen LogP contribution >= 0.6 is 0 Å². The lowest BCUT2D eigenvalue weighted by atomic mass is 10.2. The second kappa shape index (κ2) is 2.25. The van der Waals surface area contributed by atoms with Crippen molar-refractivity contribution in [2.45, 2.75) is 12.1 Å². The third kappa shape index (κ3) is 0.956. The Kier molecular flexibility index (Phi) is 1.41. The molecule has 3 heteroatoms. The van der Waals surface area contributed by atoms with E-state index in [0.717, 1.165) is 19.7 Å². The summed E-state index contributed by atoms with van der Waals surface area (Å²) in [4.78, 5) is 0. The number of nitrogens with two attached hydrogens (primary N) is 1. The van der Waals surface area contributed by atoms with E-state index in [0.29, 0.717) is 12.1 Å². The average molecular weight is 129 g/mol. The van der Waals surface area contributed by atoms with Gasteiger partial charge in [-0.2, -0.15) is 0 Å². The van der Waals surface area contributed by atoms with E-state index in [1.165, 1.54) is 6.54 Å². The third-order valence-corrected chi connectivity index (χ3v) is 2.11. The van der Waals surface area contributed by atoms with Crippen molar-refractivity contribution in [3.05, 3.63) is 0 Å². The quantitative estimate of drug-likeness (QED) is 0.394. The van der Waals surface area contributed by atoms with E-state index >= 15 is 0 Å². The van der Waals surface area contributed by atoms with Crippen molar-refractivity contribution in [1.29, 1.82) is 0 Å². The summed E-state index contributed by atoms with van der Waals surface area (Å²) in [6.45, 7) is 4.28. The molecule has 2 aliphatic rings. The molecule has 0 spiro atoms. The van der Waals surface area contributed by atoms with Crippen LogP contribution in [0, 0.1) is 0 Å². The number of quaternary nitrogens is 1. The first-order chi connectivity index (χ1) is 4.47. The largest absolute Gasteiger partial charge is 0.369 e. The molecule has 0 aromatic heterocycles. The minimum Gasteiger partial charge on any atom is -0.369 e. The van der Waals surface area contributed by atoms with Crippen molar-refractivity contribution in [2.75, 3.05) is 26.2 Å². The molecule has 2 aliphatic heterocycles. The predicted octanol–water partition coefficient (Wildman–Crippen LogP) is -2.08. The molecule has 0 radical (unpaired) electrons. The minimum atomic E-state index is 0.499. The van der Waals surface area contributed by atoms with Gasteiger partial charge in [-0.1, -0.05) is 0 Å². The molecule has 2 saturated heterocycles. The molecule has 0 bridgehead atoms. The SMILES string of the molecule is C1COC2C[NH2+]CC2N1. The molecule has 52 valence electrons. The molecular weight excluding hydrogens is 116 g/mol. The molecule has 0 aromatic rings. The number of fused-ring (bicyclic) bond motifs is 1. The van der Waals surface area contributed by atoms with Gasteiger partial charge < -0.3 is 15.4 Å². The highest BCUT2D eigenvalue weighted by atomic mass is 16.5. The van der Waals surface area contributed by atoms with Crippen LogP contribution in [0.2, 0.25) is 0 Å². The van der Waals surface area contributed by atoms with Crippen molar-refractivity contribution in [2.24, 2.45) is 0 Å². The van der Waals surface area contributed by atoms with Gasteiger partial charge in [0.1, 0.15) is 12.6 Å². The summed E-state index contributed by atoms with van der Waals surface area (Å²) in [6.07, 6.45) is 0.499. The lowest BCUT2D eigenvalue weighted by Gasteiger charge is -2.23. The van der Waals surface area contributed by atoms with Crippen LogP contribution in [-0.2, 0) is 4.74 Å². The lowest BCUT2D eigenvalue weighted by Crippen LogP contribution is -2.82. The van der Waals surface area contributed by atoms with E-state index in [1.54, 1.807) is 0 Å². The first kappa shape index (κ1) is 5.65. The van der Waals surface area contributed by atoms with Gasteiger partial charge >= 0.3 is 0 Å².